The summed E-state index contributed by atoms with van der Waals surface area (Å²) in [6.07, 6.45) is 4.79. The lowest BCUT2D eigenvalue weighted by Crippen LogP contribution is -2.54. The van der Waals surface area contributed by atoms with Gasteiger partial charge in [-0.3, -0.25) is 9.59 Å². The zero-order valence-electron chi connectivity index (χ0n) is 25.0. The number of hydrogen-bond acceptors (Lipinski definition) is 5. The van der Waals surface area contributed by atoms with Gasteiger partial charge in [-0.15, -0.1) is 0 Å². The molecule has 2 rings (SSSR count). The quantitative estimate of drug-likeness (QED) is 0.252. The molecule has 0 radical (unpaired) electrons. The molecular formula is C32H47N3O5. The first-order valence-electron chi connectivity index (χ1n) is 14.4. The van der Waals surface area contributed by atoms with Gasteiger partial charge in [0, 0.05) is 12.2 Å². The molecule has 0 fully saturated rings. The number of para-hydroxylation sites is 1. The Balaban J connectivity index is 2.48. The van der Waals surface area contributed by atoms with E-state index in [1.807, 2.05) is 55.5 Å². The monoisotopic (exact) mass is 553 g/mol. The molecule has 2 atom stereocenters. The van der Waals surface area contributed by atoms with Crippen molar-refractivity contribution in [3.8, 4) is 0 Å². The van der Waals surface area contributed by atoms with Gasteiger partial charge in [-0.1, -0.05) is 82.0 Å². The first-order valence-corrected chi connectivity index (χ1v) is 14.4. The van der Waals surface area contributed by atoms with Gasteiger partial charge in [0.2, 0.25) is 5.91 Å². The van der Waals surface area contributed by atoms with Crippen molar-refractivity contribution in [1.82, 2.24) is 10.2 Å². The number of amides is 3. The van der Waals surface area contributed by atoms with Crippen LogP contribution in [0.2, 0.25) is 0 Å². The molecule has 0 aliphatic heterocycles. The van der Waals surface area contributed by atoms with E-state index in [-0.39, 0.29) is 12.5 Å². The summed E-state index contributed by atoms with van der Waals surface area (Å²) in [4.78, 5) is 41.9. The Morgan fingerprint density at radius 2 is 1.60 bits per heavy atom. The van der Waals surface area contributed by atoms with Crippen LogP contribution in [0, 0.1) is 6.92 Å². The number of carbonyl (C=O) groups is 3. The number of alkyl carbamates (subject to hydrolysis) is 1. The van der Waals surface area contributed by atoms with Crippen LogP contribution in [0.3, 0.4) is 0 Å². The third-order valence-electron chi connectivity index (χ3n) is 6.62. The second kappa shape index (κ2) is 16.0. The van der Waals surface area contributed by atoms with E-state index in [1.165, 1.54) is 4.90 Å². The van der Waals surface area contributed by atoms with Gasteiger partial charge in [-0.2, -0.15) is 0 Å². The third-order valence-corrected chi connectivity index (χ3v) is 6.62. The Kier molecular flexibility index (Phi) is 13.1. The number of aliphatic hydroxyl groups excluding tert-OH is 1. The van der Waals surface area contributed by atoms with Gasteiger partial charge < -0.3 is 25.4 Å². The van der Waals surface area contributed by atoms with Gasteiger partial charge >= 0.3 is 6.09 Å². The topological polar surface area (TPSA) is 108 Å². The Bertz CT molecular complexity index is 1090. The Morgan fingerprint density at radius 3 is 2.17 bits per heavy atom. The smallest absolute Gasteiger partial charge is 0.408 e. The highest BCUT2D eigenvalue weighted by Crippen LogP contribution is 2.27. The van der Waals surface area contributed by atoms with Crippen LogP contribution >= 0.6 is 0 Å². The van der Waals surface area contributed by atoms with E-state index in [0.717, 1.165) is 43.2 Å². The minimum absolute atomic E-state index is 0.288. The molecule has 2 aromatic rings. The van der Waals surface area contributed by atoms with Crippen molar-refractivity contribution in [2.45, 2.75) is 97.8 Å². The van der Waals surface area contributed by atoms with Gasteiger partial charge in [-0.25, -0.2) is 4.79 Å². The summed E-state index contributed by atoms with van der Waals surface area (Å²) in [6, 6.07) is 12.9. The predicted octanol–water partition coefficient (Wildman–Crippen LogP) is 5.92. The number of carbonyl (C=O) groups excluding carboxylic acids is 3. The number of ether oxygens (including phenoxy) is 1. The number of hydrogen-bond donors (Lipinski definition) is 3. The summed E-state index contributed by atoms with van der Waals surface area (Å²) in [6.45, 7) is 10.9. The van der Waals surface area contributed by atoms with Gasteiger partial charge in [0.1, 0.15) is 17.7 Å². The van der Waals surface area contributed by atoms with Crippen LogP contribution in [0.25, 0.3) is 0 Å². The van der Waals surface area contributed by atoms with Crippen molar-refractivity contribution in [1.29, 1.82) is 0 Å². The molecule has 0 saturated carbocycles. The molecule has 2 unspecified atom stereocenters. The average Bonchev–Trinajstić information content (AvgIpc) is 2.91. The number of anilines is 1. The fourth-order valence-corrected chi connectivity index (χ4v) is 4.41. The number of aliphatic hydroxyl groups is 1. The maximum Gasteiger partial charge on any atom is 0.408 e. The van der Waals surface area contributed by atoms with Crippen LogP contribution in [-0.2, 0) is 20.7 Å². The molecule has 3 N–H and O–H groups in total. The molecular weight excluding hydrogens is 506 g/mol. The fraction of sp³-hybridized carbons (Fsp3) is 0.531. The van der Waals surface area contributed by atoms with Crippen LogP contribution in [0.4, 0.5) is 10.5 Å². The van der Waals surface area contributed by atoms with Crippen molar-refractivity contribution >= 4 is 23.6 Å². The normalized spacial score (nSPS) is 12.8. The van der Waals surface area contributed by atoms with Gasteiger partial charge in [0.05, 0.1) is 6.61 Å². The van der Waals surface area contributed by atoms with E-state index in [4.69, 9.17) is 4.74 Å². The second-order valence-electron chi connectivity index (χ2n) is 11.1. The van der Waals surface area contributed by atoms with Crippen molar-refractivity contribution in [2.75, 3.05) is 18.5 Å². The molecule has 0 bridgehead atoms. The SMILES string of the molecule is CCCCCCCN(C(=O)C(CO)NC(=O)OC(C)(C)C)C(C(=O)Nc1ccccc1C)c1ccc(CC)cc1. The number of unbranched alkanes of at least 4 members (excludes halogenated alkanes) is 4. The van der Waals surface area contributed by atoms with Crippen molar-refractivity contribution in [3.63, 3.8) is 0 Å². The minimum atomic E-state index is -1.27. The van der Waals surface area contributed by atoms with E-state index < -0.39 is 36.3 Å². The average molecular weight is 554 g/mol. The van der Waals surface area contributed by atoms with Crippen LogP contribution < -0.4 is 10.6 Å². The standard InChI is InChI=1S/C32H47N3O5/c1-7-9-10-11-14-21-35(30(38)27(22-36)34-31(39)40-32(4,5)6)28(25-19-17-24(8-2)18-20-25)29(37)33-26-16-13-12-15-23(26)3/h12-13,15-20,27-28,36H,7-11,14,21-22H2,1-6H3,(H,33,37)(H,34,39). The Morgan fingerprint density at radius 1 is 0.950 bits per heavy atom. The Labute approximate surface area is 239 Å². The third kappa shape index (κ3) is 10.3. The summed E-state index contributed by atoms with van der Waals surface area (Å²) in [5.41, 5.74) is 2.54. The van der Waals surface area contributed by atoms with Crippen molar-refractivity contribution < 1.29 is 24.2 Å². The van der Waals surface area contributed by atoms with E-state index in [9.17, 15) is 19.5 Å². The number of rotatable bonds is 14. The number of nitrogens with one attached hydrogen (secondary N) is 2. The molecule has 0 aromatic heterocycles. The number of nitrogens with zero attached hydrogens (tertiary/aromatic N) is 1. The summed E-state index contributed by atoms with van der Waals surface area (Å²) in [5, 5.41) is 15.7. The molecule has 0 heterocycles. The molecule has 3 amide bonds. The molecule has 0 aliphatic rings. The van der Waals surface area contributed by atoms with Gasteiger partial charge in [0.25, 0.3) is 5.91 Å². The summed E-state index contributed by atoms with van der Waals surface area (Å²) < 4.78 is 5.32. The van der Waals surface area contributed by atoms with E-state index in [2.05, 4.69) is 24.5 Å². The zero-order chi connectivity index (χ0) is 29.7. The summed E-state index contributed by atoms with van der Waals surface area (Å²) in [7, 11) is 0. The van der Waals surface area contributed by atoms with Crippen LogP contribution in [-0.4, -0.2) is 52.7 Å². The molecule has 8 nitrogen and oxygen atoms in total. The largest absolute Gasteiger partial charge is 0.444 e. The van der Waals surface area contributed by atoms with Gasteiger partial charge in [-0.05, 0) is 63.3 Å². The summed E-state index contributed by atoms with van der Waals surface area (Å²) >= 11 is 0. The van der Waals surface area contributed by atoms with Crippen LogP contribution in [0.15, 0.2) is 48.5 Å². The van der Waals surface area contributed by atoms with Gasteiger partial charge in [0.15, 0.2) is 0 Å². The molecule has 2 aromatic carbocycles. The van der Waals surface area contributed by atoms with E-state index in [0.29, 0.717) is 17.7 Å². The maximum atomic E-state index is 14.0. The fourth-order valence-electron chi connectivity index (χ4n) is 4.41. The maximum absolute atomic E-state index is 14.0. The van der Waals surface area contributed by atoms with Crippen molar-refractivity contribution in [2.24, 2.45) is 0 Å². The highest BCUT2D eigenvalue weighted by molar-refractivity contribution is 5.99. The lowest BCUT2D eigenvalue weighted by atomic mass is 9.99. The van der Waals surface area contributed by atoms with Crippen LogP contribution in [0.1, 0.15) is 89.5 Å². The Hall–Kier alpha value is -3.39. The predicted molar refractivity (Wildman–Crippen MR) is 159 cm³/mol. The second-order valence-corrected chi connectivity index (χ2v) is 11.1. The number of aryl methyl sites for hydroxylation is 2. The molecule has 0 aliphatic carbocycles. The summed E-state index contributed by atoms with van der Waals surface area (Å²) in [5.74, 6) is -0.914. The molecule has 220 valence electrons. The minimum Gasteiger partial charge on any atom is -0.444 e. The zero-order valence-corrected chi connectivity index (χ0v) is 25.0. The molecule has 40 heavy (non-hydrogen) atoms. The van der Waals surface area contributed by atoms with E-state index >= 15 is 0 Å². The first-order chi connectivity index (χ1) is 19.0. The lowest BCUT2D eigenvalue weighted by molar-refractivity contribution is -0.141. The molecule has 0 saturated heterocycles. The van der Waals surface area contributed by atoms with Crippen LogP contribution in [0.5, 0.6) is 0 Å². The highest BCUT2D eigenvalue weighted by atomic mass is 16.6. The van der Waals surface area contributed by atoms with E-state index in [1.54, 1.807) is 20.8 Å². The highest BCUT2D eigenvalue weighted by Gasteiger charge is 2.36. The number of benzene rings is 2. The first kappa shape index (κ1) is 32.8. The van der Waals surface area contributed by atoms with Crippen molar-refractivity contribution in [3.05, 3.63) is 65.2 Å². The lowest BCUT2D eigenvalue weighted by Gasteiger charge is -2.34. The molecule has 8 heteroatoms. The molecule has 0 spiro atoms.